The molecular formula is C29H26ClF3N4O4. The molecule has 1 aliphatic rings. The number of aromatic nitrogens is 2. The molecule has 2 aromatic carbocycles. The van der Waals surface area contributed by atoms with Gasteiger partial charge in [0.2, 0.25) is 17.9 Å². The second kappa shape index (κ2) is 11.4. The Morgan fingerprint density at radius 2 is 1.95 bits per heavy atom. The van der Waals surface area contributed by atoms with Crippen molar-refractivity contribution in [2.24, 2.45) is 11.7 Å². The van der Waals surface area contributed by atoms with Crippen LogP contribution in [0.4, 0.5) is 19.1 Å². The van der Waals surface area contributed by atoms with Gasteiger partial charge >= 0.3 is 12.1 Å². The summed E-state index contributed by atoms with van der Waals surface area (Å²) >= 11 is 6.21. The highest BCUT2D eigenvalue weighted by Gasteiger charge is 2.45. The highest BCUT2D eigenvalue weighted by atomic mass is 35.5. The van der Waals surface area contributed by atoms with Crippen LogP contribution in [-0.4, -0.2) is 33.3 Å². The number of furan rings is 1. The van der Waals surface area contributed by atoms with Gasteiger partial charge in [0, 0.05) is 27.6 Å². The molecule has 3 atom stereocenters. The summed E-state index contributed by atoms with van der Waals surface area (Å²) < 4.78 is 54.8. The summed E-state index contributed by atoms with van der Waals surface area (Å²) in [6.07, 6.45) is -1.95. The van der Waals surface area contributed by atoms with Gasteiger partial charge in [0.05, 0.1) is 12.0 Å². The Morgan fingerprint density at radius 1 is 1.17 bits per heavy atom. The van der Waals surface area contributed by atoms with Crippen molar-refractivity contribution in [3.63, 3.8) is 0 Å². The van der Waals surface area contributed by atoms with E-state index in [1.54, 1.807) is 24.3 Å². The number of ether oxygens (including phenoxy) is 1. The Morgan fingerprint density at radius 3 is 2.66 bits per heavy atom. The molecule has 2 heterocycles. The molecule has 2 aromatic heterocycles. The predicted octanol–water partition coefficient (Wildman–Crippen LogP) is 6.79. The van der Waals surface area contributed by atoms with Crippen LogP contribution in [0.2, 0.25) is 5.02 Å². The van der Waals surface area contributed by atoms with Crippen LogP contribution in [0.3, 0.4) is 0 Å². The second-order valence-electron chi connectivity index (χ2n) is 9.92. The highest BCUT2D eigenvalue weighted by molar-refractivity contribution is 6.31. The molecule has 0 fully saturated rings. The SMILES string of the molecule is Nc1nc(OC(c2ccc(Cl)cc2-c2coc3ccccc23)C(F)(F)F)cc(C2=CCC(CC(N)C(=O)O)CC2)n1. The van der Waals surface area contributed by atoms with Crippen LogP contribution in [0.15, 0.2) is 65.3 Å². The maximum atomic E-state index is 14.6. The van der Waals surface area contributed by atoms with Crippen LogP contribution in [0.25, 0.3) is 27.7 Å². The van der Waals surface area contributed by atoms with Crippen molar-refractivity contribution in [2.75, 3.05) is 5.73 Å². The van der Waals surface area contributed by atoms with Gasteiger partial charge < -0.3 is 25.7 Å². The first-order valence-corrected chi connectivity index (χ1v) is 13.2. The average molecular weight is 587 g/mol. The third-order valence-electron chi connectivity index (χ3n) is 7.08. The number of para-hydroxylation sites is 1. The first-order chi connectivity index (χ1) is 19.5. The van der Waals surface area contributed by atoms with Crippen molar-refractivity contribution in [3.8, 4) is 17.0 Å². The number of nitrogens with zero attached hydrogens (tertiary/aromatic N) is 2. The Hall–Kier alpha value is -4.09. The minimum absolute atomic E-state index is 0.0664. The molecule has 5 N–H and O–H groups in total. The van der Waals surface area contributed by atoms with E-state index in [0.29, 0.717) is 47.9 Å². The van der Waals surface area contributed by atoms with E-state index >= 15 is 0 Å². The van der Waals surface area contributed by atoms with Crippen LogP contribution in [0.1, 0.15) is 43.0 Å². The smallest absolute Gasteiger partial charge is 0.429 e. The Labute approximate surface area is 237 Å². The number of alkyl halides is 3. The molecular weight excluding hydrogens is 561 g/mol. The van der Waals surface area contributed by atoms with Crippen molar-refractivity contribution in [1.82, 2.24) is 9.97 Å². The summed E-state index contributed by atoms with van der Waals surface area (Å²) in [6, 6.07) is 11.4. The zero-order chi connectivity index (χ0) is 29.3. The largest absolute Gasteiger partial charge is 0.480 e. The summed E-state index contributed by atoms with van der Waals surface area (Å²) in [5.74, 6) is -1.58. The van der Waals surface area contributed by atoms with Gasteiger partial charge in [0.15, 0.2) is 0 Å². The summed E-state index contributed by atoms with van der Waals surface area (Å²) in [5.41, 5.74) is 13.6. The van der Waals surface area contributed by atoms with E-state index in [4.69, 9.17) is 37.3 Å². The number of aliphatic carboxylic acids is 1. The van der Waals surface area contributed by atoms with Gasteiger partial charge in [0.1, 0.15) is 11.6 Å². The topological polar surface area (TPSA) is 137 Å². The van der Waals surface area contributed by atoms with Crippen LogP contribution in [-0.2, 0) is 4.79 Å². The van der Waals surface area contributed by atoms with Crippen molar-refractivity contribution in [3.05, 3.63) is 77.2 Å². The third kappa shape index (κ3) is 6.31. The number of hydrogen-bond donors (Lipinski definition) is 3. The zero-order valence-corrected chi connectivity index (χ0v) is 22.3. The molecule has 0 amide bonds. The molecule has 0 saturated heterocycles. The lowest BCUT2D eigenvalue weighted by atomic mass is 9.84. The normalized spacial score (nSPS) is 17.2. The number of benzene rings is 2. The molecule has 214 valence electrons. The molecule has 1 aliphatic carbocycles. The van der Waals surface area contributed by atoms with Gasteiger partial charge in [-0.3, -0.25) is 4.79 Å². The van der Waals surface area contributed by atoms with Gasteiger partial charge in [-0.2, -0.15) is 18.2 Å². The third-order valence-corrected chi connectivity index (χ3v) is 7.31. The first kappa shape index (κ1) is 28.4. The van der Waals surface area contributed by atoms with Gasteiger partial charge in [-0.15, -0.1) is 0 Å². The van der Waals surface area contributed by atoms with E-state index in [9.17, 15) is 18.0 Å². The van der Waals surface area contributed by atoms with Crippen molar-refractivity contribution in [2.45, 2.75) is 44.0 Å². The van der Waals surface area contributed by atoms with E-state index in [2.05, 4.69) is 9.97 Å². The summed E-state index contributed by atoms with van der Waals surface area (Å²) in [4.78, 5) is 19.2. The van der Waals surface area contributed by atoms with Gasteiger partial charge in [-0.1, -0.05) is 41.9 Å². The molecule has 3 unspecified atom stereocenters. The van der Waals surface area contributed by atoms with Gasteiger partial charge in [0.25, 0.3) is 0 Å². The number of halogens is 4. The molecule has 41 heavy (non-hydrogen) atoms. The fourth-order valence-corrected chi connectivity index (χ4v) is 5.24. The maximum absolute atomic E-state index is 14.6. The summed E-state index contributed by atoms with van der Waals surface area (Å²) in [6.45, 7) is 0. The van der Waals surface area contributed by atoms with E-state index in [1.807, 2.05) is 6.08 Å². The summed E-state index contributed by atoms with van der Waals surface area (Å²) in [7, 11) is 0. The van der Waals surface area contributed by atoms with Crippen molar-refractivity contribution < 1.29 is 32.2 Å². The van der Waals surface area contributed by atoms with Gasteiger partial charge in [-0.25, -0.2) is 4.98 Å². The number of nitrogens with two attached hydrogens (primary N) is 2. The van der Waals surface area contributed by atoms with Crippen LogP contribution >= 0.6 is 11.6 Å². The highest BCUT2D eigenvalue weighted by Crippen LogP contribution is 2.44. The van der Waals surface area contributed by atoms with E-state index in [-0.39, 0.29) is 33.9 Å². The lowest BCUT2D eigenvalue weighted by molar-refractivity contribution is -0.198. The number of carbonyl (C=O) groups is 1. The Kier molecular flexibility index (Phi) is 7.92. The van der Waals surface area contributed by atoms with Crippen LogP contribution in [0, 0.1) is 5.92 Å². The van der Waals surface area contributed by atoms with Gasteiger partial charge in [-0.05, 0) is 60.9 Å². The number of rotatable bonds is 8. The van der Waals surface area contributed by atoms with E-state index in [1.165, 1.54) is 30.5 Å². The molecule has 5 rings (SSSR count). The molecule has 0 bridgehead atoms. The number of hydrogen-bond acceptors (Lipinski definition) is 7. The molecule has 12 heteroatoms. The first-order valence-electron chi connectivity index (χ1n) is 12.8. The molecule has 8 nitrogen and oxygen atoms in total. The quantitative estimate of drug-likeness (QED) is 0.205. The number of fused-ring (bicyclic) bond motifs is 1. The number of carboxylic acid groups (broad SMARTS) is 1. The zero-order valence-electron chi connectivity index (χ0n) is 21.6. The van der Waals surface area contributed by atoms with Crippen LogP contribution < -0.4 is 16.2 Å². The average Bonchev–Trinajstić information content (AvgIpc) is 3.35. The molecule has 0 spiro atoms. The lowest BCUT2D eigenvalue weighted by Crippen LogP contribution is -2.32. The van der Waals surface area contributed by atoms with E-state index in [0.717, 1.165) is 5.57 Å². The lowest BCUT2D eigenvalue weighted by Gasteiger charge is -2.25. The number of nitrogen functional groups attached to an aromatic ring is 1. The minimum Gasteiger partial charge on any atom is -0.480 e. The standard InChI is InChI=1S/C29H26ClF3N4O4/c30-17-9-10-19(20(12-17)21-14-40-24-4-2-1-3-18(21)24)26(29(31,32)33)41-25-13-23(36-28(35)37-25)16-7-5-15(6-8-16)11-22(34)27(38)39/h1-4,7,9-10,12-15,22,26H,5-6,8,11,34H2,(H,38,39)(H2,35,36,37). The fourth-order valence-electron chi connectivity index (χ4n) is 5.07. The fraction of sp³-hybridized carbons (Fsp3) is 0.276. The predicted molar refractivity (Wildman–Crippen MR) is 148 cm³/mol. The minimum atomic E-state index is -4.83. The summed E-state index contributed by atoms with van der Waals surface area (Å²) in [5, 5.41) is 9.94. The number of carboxylic acids is 1. The number of allylic oxidation sites excluding steroid dienone is 2. The maximum Gasteiger partial charge on any atom is 0.429 e. The van der Waals surface area contributed by atoms with Crippen molar-refractivity contribution in [1.29, 1.82) is 0 Å². The molecule has 4 aromatic rings. The van der Waals surface area contributed by atoms with E-state index < -0.39 is 24.3 Å². The molecule has 0 radical (unpaired) electrons. The molecule has 0 aliphatic heterocycles. The molecule has 0 saturated carbocycles. The Bertz CT molecular complexity index is 1620. The Balaban J connectivity index is 1.47. The monoisotopic (exact) mass is 586 g/mol. The van der Waals surface area contributed by atoms with Crippen molar-refractivity contribution >= 4 is 40.1 Å². The second-order valence-corrected chi connectivity index (χ2v) is 10.4. The number of anilines is 1. The van der Waals surface area contributed by atoms with Crippen LogP contribution in [0.5, 0.6) is 5.88 Å².